The molecule has 6 heteroatoms. The van der Waals surface area contributed by atoms with Gasteiger partial charge in [0.15, 0.2) is 0 Å². The number of nitrogens with two attached hydrogens (primary N) is 1. The number of nitrogens with zero attached hydrogens (tertiary/aromatic N) is 2. The summed E-state index contributed by atoms with van der Waals surface area (Å²) in [6, 6.07) is 0.330. The standard InChI is InChI=1S/C13H20N4O2/c14-10-1-3-11(4-2-10)19-8-7-17-13(18)12-9-15-5-6-16-12/h5-6,9-11H,1-4,7-8,14H2,(H,17,18). The molecule has 1 aliphatic carbocycles. The van der Waals surface area contributed by atoms with Gasteiger partial charge in [-0.3, -0.25) is 9.78 Å². The number of carbonyl (C=O) groups is 1. The summed E-state index contributed by atoms with van der Waals surface area (Å²) < 4.78 is 5.71. The summed E-state index contributed by atoms with van der Waals surface area (Å²) in [7, 11) is 0. The van der Waals surface area contributed by atoms with Gasteiger partial charge >= 0.3 is 0 Å². The number of amides is 1. The van der Waals surface area contributed by atoms with Crippen LogP contribution in [0.2, 0.25) is 0 Å². The van der Waals surface area contributed by atoms with Crippen LogP contribution in [0.3, 0.4) is 0 Å². The molecule has 2 rings (SSSR count). The number of nitrogens with one attached hydrogen (secondary N) is 1. The topological polar surface area (TPSA) is 90.1 Å². The Bertz CT molecular complexity index is 391. The van der Waals surface area contributed by atoms with Crippen LogP contribution in [0.5, 0.6) is 0 Å². The Balaban J connectivity index is 1.61. The average Bonchev–Trinajstić information content (AvgIpc) is 2.46. The average molecular weight is 264 g/mol. The van der Waals surface area contributed by atoms with Crippen LogP contribution in [0.25, 0.3) is 0 Å². The molecule has 1 amide bonds. The molecule has 19 heavy (non-hydrogen) atoms. The van der Waals surface area contributed by atoms with Crippen molar-refractivity contribution in [1.29, 1.82) is 0 Å². The minimum atomic E-state index is -0.220. The van der Waals surface area contributed by atoms with Crippen LogP contribution in [-0.4, -0.2) is 41.2 Å². The molecule has 1 aromatic heterocycles. The number of hydrogen-bond acceptors (Lipinski definition) is 5. The second kappa shape index (κ2) is 7.16. The van der Waals surface area contributed by atoms with Gasteiger partial charge < -0.3 is 15.8 Å². The minimum Gasteiger partial charge on any atom is -0.376 e. The van der Waals surface area contributed by atoms with Crippen molar-refractivity contribution in [3.8, 4) is 0 Å². The third-order valence-corrected chi connectivity index (χ3v) is 3.26. The van der Waals surface area contributed by atoms with Gasteiger partial charge in [0.1, 0.15) is 5.69 Å². The zero-order valence-corrected chi connectivity index (χ0v) is 10.9. The largest absolute Gasteiger partial charge is 0.376 e. The predicted octanol–water partition coefficient (Wildman–Crippen LogP) is 0.493. The third kappa shape index (κ3) is 4.57. The second-order valence-electron chi connectivity index (χ2n) is 4.75. The van der Waals surface area contributed by atoms with Gasteiger partial charge in [0, 0.05) is 25.0 Å². The summed E-state index contributed by atoms with van der Waals surface area (Å²) in [5, 5.41) is 2.76. The van der Waals surface area contributed by atoms with E-state index in [2.05, 4.69) is 15.3 Å². The first-order valence-electron chi connectivity index (χ1n) is 6.67. The Morgan fingerprint density at radius 2 is 2.16 bits per heavy atom. The SMILES string of the molecule is NC1CCC(OCCNC(=O)c2cnccn2)CC1. The summed E-state index contributed by atoms with van der Waals surface area (Å²) >= 11 is 0. The van der Waals surface area contributed by atoms with Gasteiger partial charge in [0.2, 0.25) is 0 Å². The Hall–Kier alpha value is -1.53. The van der Waals surface area contributed by atoms with Crippen LogP contribution >= 0.6 is 0 Å². The van der Waals surface area contributed by atoms with Crippen LogP contribution in [0.1, 0.15) is 36.2 Å². The number of hydrogen-bond donors (Lipinski definition) is 2. The van der Waals surface area contributed by atoms with Crippen LogP contribution in [0.15, 0.2) is 18.6 Å². The van der Waals surface area contributed by atoms with Crippen molar-refractivity contribution in [3.63, 3.8) is 0 Å². The zero-order valence-electron chi connectivity index (χ0n) is 10.9. The summed E-state index contributed by atoms with van der Waals surface area (Å²) in [4.78, 5) is 19.4. The summed E-state index contributed by atoms with van der Waals surface area (Å²) in [5.74, 6) is -0.220. The fourth-order valence-corrected chi connectivity index (χ4v) is 2.15. The molecule has 0 radical (unpaired) electrons. The normalized spacial score (nSPS) is 23.0. The molecule has 0 spiro atoms. The molecule has 1 fully saturated rings. The number of rotatable bonds is 5. The van der Waals surface area contributed by atoms with E-state index in [0.717, 1.165) is 25.7 Å². The Morgan fingerprint density at radius 3 is 2.84 bits per heavy atom. The highest BCUT2D eigenvalue weighted by molar-refractivity contribution is 5.91. The van der Waals surface area contributed by atoms with Gasteiger partial charge in [0.05, 0.1) is 18.9 Å². The van der Waals surface area contributed by atoms with Crippen molar-refractivity contribution in [2.45, 2.75) is 37.8 Å². The van der Waals surface area contributed by atoms with E-state index >= 15 is 0 Å². The molecule has 6 nitrogen and oxygen atoms in total. The molecule has 1 aliphatic rings. The lowest BCUT2D eigenvalue weighted by atomic mass is 9.94. The Morgan fingerprint density at radius 1 is 1.37 bits per heavy atom. The Labute approximate surface area is 112 Å². The van der Waals surface area contributed by atoms with E-state index in [0.29, 0.717) is 24.9 Å². The fraction of sp³-hybridized carbons (Fsp3) is 0.615. The lowest BCUT2D eigenvalue weighted by molar-refractivity contribution is 0.0267. The second-order valence-corrected chi connectivity index (χ2v) is 4.75. The fourth-order valence-electron chi connectivity index (χ4n) is 2.15. The first-order chi connectivity index (χ1) is 9.25. The molecule has 0 unspecified atom stereocenters. The maximum atomic E-state index is 11.7. The zero-order chi connectivity index (χ0) is 13.5. The maximum absolute atomic E-state index is 11.7. The summed E-state index contributed by atoms with van der Waals surface area (Å²) in [5.41, 5.74) is 6.16. The van der Waals surface area contributed by atoms with Gasteiger partial charge in [-0.25, -0.2) is 4.98 Å². The van der Waals surface area contributed by atoms with Crippen molar-refractivity contribution in [3.05, 3.63) is 24.3 Å². The van der Waals surface area contributed by atoms with Crippen molar-refractivity contribution < 1.29 is 9.53 Å². The molecule has 3 N–H and O–H groups in total. The molecular weight excluding hydrogens is 244 g/mol. The summed E-state index contributed by atoms with van der Waals surface area (Å²) in [6.45, 7) is 1.00. The van der Waals surface area contributed by atoms with E-state index < -0.39 is 0 Å². The number of ether oxygens (including phenoxy) is 1. The lowest BCUT2D eigenvalue weighted by Gasteiger charge is -2.26. The first-order valence-corrected chi connectivity index (χ1v) is 6.67. The van der Waals surface area contributed by atoms with Crippen LogP contribution in [-0.2, 0) is 4.74 Å². The third-order valence-electron chi connectivity index (χ3n) is 3.26. The first kappa shape index (κ1) is 13.9. The van der Waals surface area contributed by atoms with Gasteiger partial charge in [-0.05, 0) is 25.7 Å². The minimum absolute atomic E-state index is 0.220. The summed E-state index contributed by atoms with van der Waals surface area (Å²) in [6.07, 6.45) is 8.84. The van der Waals surface area contributed by atoms with E-state index in [1.165, 1.54) is 18.6 Å². The molecule has 0 aliphatic heterocycles. The van der Waals surface area contributed by atoms with Crippen molar-refractivity contribution in [2.75, 3.05) is 13.2 Å². The molecule has 0 saturated heterocycles. The van der Waals surface area contributed by atoms with Gasteiger partial charge in [0.25, 0.3) is 5.91 Å². The monoisotopic (exact) mass is 264 g/mol. The predicted molar refractivity (Wildman–Crippen MR) is 70.5 cm³/mol. The van der Waals surface area contributed by atoms with E-state index in [4.69, 9.17) is 10.5 Å². The maximum Gasteiger partial charge on any atom is 0.271 e. The molecule has 104 valence electrons. The molecule has 0 bridgehead atoms. The smallest absolute Gasteiger partial charge is 0.271 e. The highest BCUT2D eigenvalue weighted by atomic mass is 16.5. The highest BCUT2D eigenvalue weighted by Gasteiger charge is 2.18. The van der Waals surface area contributed by atoms with E-state index in [-0.39, 0.29) is 12.0 Å². The quantitative estimate of drug-likeness (QED) is 0.755. The number of carbonyl (C=O) groups excluding carboxylic acids is 1. The van der Waals surface area contributed by atoms with Gasteiger partial charge in [-0.2, -0.15) is 0 Å². The van der Waals surface area contributed by atoms with Crippen molar-refractivity contribution >= 4 is 5.91 Å². The molecule has 1 saturated carbocycles. The molecule has 1 aromatic rings. The Kier molecular flexibility index (Phi) is 5.23. The van der Waals surface area contributed by atoms with Crippen molar-refractivity contribution in [2.24, 2.45) is 5.73 Å². The van der Waals surface area contributed by atoms with E-state index in [1.807, 2.05) is 0 Å². The molecule has 1 heterocycles. The van der Waals surface area contributed by atoms with Crippen molar-refractivity contribution in [1.82, 2.24) is 15.3 Å². The van der Waals surface area contributed by atoms with Crippen LogP contribution in [0.4, 0.5) is 0 Å². The van der Waals surface area contributed by atoms with Crippen LogP contribution < -0.4 is 11.1 Å². The lowest BCUT2D eigenvalue weighted by Crippen LogP contribution is -2.33. The van der Waals surface area contributed by atoms with E-state index in [9.17, 15) is 4.79 Å². The molecular formula is C13H20N4O2. The molecule has 0 aromatic carbocycles. The van der Waals surface area contributed by atoms with Gasteiger partial charge in [-0.15, -0.1) is 0 Å². The molecule has 0 atom stereocenters. The highest BCUT2D eigenvalue weighted by Crippen LogP contribution is 2.19. The van der Waals surface area contributed by atoms with Crippen LogP contribution in [0, 0.1) is 0 Å². The van der Waals surface area contributed by atoms with Gasteiger partial charge in [-0.1, -0.05) is 0 Å². The van der Waals surface area contributed by atoms with E-state index in [1.54, 1.807) is 0 Å². The number of aromatic nitrogens is 2.